The number of halogens is 1. The van der Waals surface area contributed by atoms with Gasteiger partial charge >= 0.3 is 11.7 Å². The lowest BCUT2D eigenvalue weighted by Gasteiger charge is -2.09. The molecule has 0 bridgehead atoms. The molecule has 92 valence electrons. The molecule has 1 aromatic rings. The highest BCUT2D eigenvalue weighted by Gasteiger charge is 2.18. The second-order valence-corrected chi connectivity index (χ2v) is 3.45. The fourth-order valence-electron chi connectivity index (χ4n) is 1.19. The minimum Gasteiger partial charge on any atom is -0.480 e. The number of carboxylic acid groups (broad SMARTS) is 1. The average Bonchev–Trinajstić information content (AvgIpc) is 2.26. The number of nitro groups is 1. The molecule has 6 nitrogen and oxygen atoms in total. The number of benzene rings is 1. The molecule has 0 aliphatic rings. The molecular weight excluding hydrogens is 231 g/mol. The number of nitro benzene ring substituents is 1. The Hall–Kier alpha value is -2.02. The van der Waals surface area contributed by atoms with Crippen LogP contribution in [0.4, 0.5) is 10.1 Å². The van der Waals surface area contributed by atoms with Crippen molar-refractivity contribution in [3.8, 4) is 0 Å². The average molecular weight is 242 g/mol. The lowest BCUT2D eigenvalue weighted by Crippen LogP contribution is -2.33. The summed E-state index contributed by atoms with van der Waals surface area (Å²) in [6.45, 7) is 1.32. The van der Waals surface area contributed by atoms with E-state index in [4.69, 9.17) is 5.11 Å². The fraction of sp³-hybridized carbons (Fsp3) is 0.300. The number of nitrogens with one attached hydrogen (secondary N) is 1. The third-order valence-electron chi connectivity index (χ3n) is 2.22. The van der Waals surface area contributed by atoms with Crippen LogP contribution in [0.15, 0.2) is 18.2 Å². The van der Waals surface area contributed by atoms with E-state index >= 15 is 0 Å². The Balaban J connectivity index is 2.82. The molecule has 0 saturated carbocycles. The van der Waals surface area contributed by atoms with Crippen molar-refractivity contribution < 1.29 is 19.2 Å². The van der Waals surface area contributed by atoms with E-state index in [1.54, 1.807) is 0 Å². The predicted octanol–water partition coefficient (Wildman–Crippen LogP) is 1.30. The Morgan fingerprint density at radius 2 is 2.29 bits per heavy atom. The van der Waals surface area contributed by atoms with E-state index in [0.29, 0.717) is 0 Å². The van der Waals surface area contributed by atoms with Crippen LogP contribution in [0.2, 0.25) is 0 Å². The molecule has 0 aliphatic carbocycles. The van der Waals surface area contributed by atoms with E-state index in [1.165, 1.54) is 19.1 Å². The van der Waals surface area contributed by atoms with Crippen LogP contribution in [-0.2, 0) is 11.3 Å². The van der Waals surface area contributed by atoms with Gasteiger partial charge in [-0.2, -0.15) is 4.39 Å². The SMILES string of the molecule is C[C@@H](NCc1cccc([N+](=O)[O-])c1F)C(=O)O. The van der Waals surface area contributed by atoms with Crippen molar-refractivity contribution in [1.82, 2.24) is 5.32 Å². The van der Waals surface area contributed by atoms with Crippen LogP contribution in [0.3, 0.4) is 0 Å². The van der Waals surface area contributed by atoms with Crippen LogP contribution in [-0.4, -0.2) is 22.0 Å². The zero-order valence-electron chi connectivity index (χ0n) is 9.01. The lowest BCUT2D eigenvalue weighted by molar-refractivity contribution is -0.387. The minimum atomic E-state index is -1.07. The standard InChI is InChI=1S/C10H11FN2O4/c1-6(10(14)15)12-5-7-3-2-4-8(9(7)11)13(16)17/h2-4,6,12H,5H2,1H3,(H,14,15)/t6-/m1/s1. The zero-order chi connectivity index (χ0) is 13.0. The van der Waals surface area contributed by atoms with Crippen LogP contribution >= 0.6 is 0 Å². The third-order valence-corrected chi connectivity index (χ3v) is 2.22. The molecule has 0 unspecified atom stereocenters. The first-order valence-corrected chi connectivity index (χ1v) is 4.81. The Labute approximate surface area is 96.2 Å². The monoisotopic (exact) mass is 242 g/mol. The second-order valence-electron chi connectivity index (χ2n) is 3.45. The second kappa shape index (κ2) is 5.35. The normalized spacial score (nSPS) is 12.1. The van der Waals surface area contributed by atoms with Gasteiger partial charge in [0.2, 0.25) is 5.82 Å². The summed E-state index contributed by atoms with van der Waals surface area (Å²) in [4.78, 5) is 20.2. The maximum Gasteiger partial charge on any atom is 0.320 e. The molecule has 17 heavy (non-hydrogen) atoms. The Bertz CT molecular complexity index is 450. The van der Waals surface area contributed by atoms with Gasteiger partial charge in [0.05, 0.1) is 4.92 Å². The van der Waals surface area contributed by atoms with Gasteiger partial charge < -0.3 is 10.4 Å². The van der Waals surface area contributed by atoms with E-state index in [-0.39, 0.29) is 12.1 Å². The van der Waals surface area contributed by atoms with Gasteiger partial charge in [0.15, 0.2) is 0 Å². The zero-order valence-corrected chi connectivity index (χ0v) is 9.01. The molecule has 7 heteroatoms. The Morgan fingerprint density at radius 1 is 1.65 bits per heavy atom. The van der Waals surface area contributed by atoms with Gasteiger partial charge in [-0.15, -0.1) is 0 Å². The van der Waals surface area contributed by atoms with Crippen LogP contribution in [0.1, 0.15) is 12.5 Å². The molecule has 0 aliphatic heterocycles. The molecule has 0 aromatic heterocycles. The maximum atomic E-state index is 13.5. The van der Waals surface area contributed by atoms with Gasteiger partial charge in [-0.3, -0.25) is 14.9 Å². The highest BCUT2D eigenvalue weighted by molar-refractivity contribution is 5.72. The van der Waals surface area contributed by atoms with E-state index in [0.717, 1.165) is 6.07 Å². The fourth-order valence-corrected chi connectivity index (χ4v) is 1.19. The van der Waals surface area contributed by atoms with Crippen LogP contribution in [0.25, 0.3) is 0 Å². The molecule has 0 saturated heterocycles. The summed E-state index contributed by atoms with van der Waals surface area (Å²) in [7, 11) is 0. The van der Waals surface area contributed by atoms with Crippen molar-refractivity contribution in [3.63, 3.8) is 0 Å². The number of hydrogen-bond acceptors (Lipinski definition) is 4. The number of carboxylic acids is 1. The van der Waals surface area contributed by atoms with Crippen molar-refractivity contribution in [2.75, 3.05) is 0 Å². The number of carbonyl (C=O) groups is 1. The van der Waals surface area contributed by atoms with Crippen LogP contribution in [0, 0.1) is 15.9 Å². The van der Waals surface area contributed by atoms with Gasteiger partial charge in [-0.1, -0.05) is 12.1 Å². The summed E-state index contributed by atoms with van der Waals surface area (Å²) in [6.07, 6.45) is 0. The summed E-state index contributed by atoms with van der Waals surface area (Å²) in [6, 6.07) is 2.92. The Kier molecular flexibility index (Phi) is 4.11. The first-order chi connectivity index (χ1) is 7.93. The molecule has 0 radical (unpaired) electrons. The molecule has 1 atom stereocenters. The van der Waals surface area contributed by atoms with Gasteiger partial charge in [0.1, 0.15) is 6.04 Å². The maximum absolute atomic E-state index is 13.5. The number of aliphatic carboxylic acids is 1. The number of nitrogens with zero attached hydrogens (tertiary/aromatic N) is 1. The first kappa shape index (κ1) is 13.0. The van der Waals surface area contributed by atoms with Gasteiger partial charge in [0, 0.05) is 18.2 Å². The summed E-state index contributed by atoms with van der Waals surface area (Å²) in [5, 5.41) is 21.6. The molecule has 1 rings (SSSR count). The number of hydrogen-bond donors (Lipinski definition) is 2. The summed E-state index contributed by atoms with van der Waals surface area (Å²) in [5.41, 5.74) is -0.556. The minimum absolute atomic E-state index is 0.0623. The van der Waals surface area contributed by atoms with Crippen LogP contribution < -0.4 is 5.32 Å². The van der Waals surface area contributed by atoms with Crippen LogP contribution in [0.5, 0.6) is 0 Å². The summed E-state index contributed by atoms with van der Waals surface area (Å²) < 4.78 is 13.5. The van der Waals surface area contributed by atoms with Gasteiger partial charge in [0.25, 0.3) is 0 Å². The van der Waals surface area contributed by atoms with Crippen molar-refractivity contribution in [1.29, 1.82) is 0 Å². The third kappa shape index (κ3) is 3.22. The molecule has 0 amide bonds. The van der Waals surface area contributed by atoms with Gasteiger partial charge in [-0.25, -0.2) is 0 Å². The molecule has 2 N–H and O–H groups in total. The van der Waals surface area contributed by atoms with E-state index < -0.39 is 28.4 Å². The van der Waals surface area contributed by atoms with Crippen molar-refractivity contribution in [2.24, 2.45) is 0 Å². The molecule has 0 fully saturated rings. The molecule has 0 spiro atoms. The smallest absolute Gasteiger partial charge is 0.320 e. The summed E-state index contributed by atoms with van der Waals surface area (Å²) in [5.74, 6) is -2.02. The van der Waals surface area contributed by atoms with Crippen molar-refractivity contribution >= 4 is 11.7 Å². The van der Waals surface area contributed by atoms with E-state index in [9.17, 15) is 19.3 Å². The quantitative estimate of drug-likeness (QED) is 0.599. The molecular formula is C10H11FN2O4. The number of rotatable bonds is 5. The highest BCUT2D eigenvalue weighted by atomic mass is 19.1. The lowest BCUT2D eigenvalue weighted by atomic mass is 10.1. The molecule has 0 heterocycles. The predicted molar refractivity (Wildman–Crippen MR) is 57.0 cm³/mol. The van der Waals surface area contributed by atoms with Gasteiger partial charge in [-0.05, 0) is 6.92 Å². The Morgan fingerprint density at radius 3 is 2.82 bits per heavy atom. The summed E-state index contributed by atoms with van der Waals surface area (Å²) >= 11 is 0. The molecule has 1 aromatic carbocycles. The van der Waals surface area contributed by atoms with Crippen molar-refractivity contribution in [2.45, 2.75) is 19.5 Å². The topological polar surface area (TPSA) is 92.5 Å². The van der Waals surface area contributed by atoms with Crippen molar-refractivity contribution in [3.05, 3.63) is 39.7 Å². The van der Waals surface area contributed by atoms with E-state index in [2.05, 4.69) is 5.32 Å². The largest absolute Gasteiger partial charge is 0.480 e. The van der Waals surface area contributed by atoms with E-state index in [1.807, 2.05) is 0 Å². The highest BCUT2D eigenvalue weighted by Crippen LogP contribution is 2.19. The first-order valence-electron chi connectivity index (χ1n) is 4.81.